The first-order valence-electron chi connectivity index (χ1n) is 14.1. The van der Waals surface area contributed by atoms with Crippen LogP contribution < -0.4 is 19.5 Å². The molecule has 0 saturated heterocycles. The molecule has 1 aromatic heterocycles. The van der Waals surface area contributed by atoms with Gasteiger partial charge in [0.05, 0.1) is 38.5 Å². The van der Waals surface area contributed by atoms with Gasteiger partial charge in [0, 0.05) is 17.1 Å². The number of methoxy groups -OCH3 is 2. The molecule has 1 atom stereocenters. The van der Waals surface area contributed by atoms with Crippen molar-refractivity contribution in [3.63, 3.8) is 0 Å². The van der Waals surface area contributed by atoms with E-state index in [1.165, 1.54) is 0 Å². The Hall–Kier alpha value is -3.97. The van der Waals surface area contributed by atoms with E-state index in [-0.39, 0.29) is 18.6 Å². The minimum Gasteiger partial charge on any atom is -0.493 e. The third-order valence-corrected chi connectivity index (χ3v) is 8.31. The smallest absolute Gasteiger partial charge is 0.255 e. The maximum Gasteiger partial charge on any atom is 0.255 e. The molecule has 4 aromatic rings. The van der Waals surface area contributed by atoms with Gasteiger partial charge in [-0.3, -0.25) is 4.79 Å². The molecule has 0 bridgehead atoms. The van der Waals surface area contributed by atoms with E-state index in [1.54, 1.807) is 14.2 Å². The van der Waals surface area contributed by atoms with Gasteiger partial charge in [0.1, 0.15) is 5.75 Å². The van der Waals surface area contributed by atoms with Crippen molar-refractivity contribution >= 4 is 16.8 Å². The summed E-state index contributed by atoms with van der Waals surface area (Å²) in [6.07, 6.45) is 8.57. The van der Waals surface area contributed by atoms with Crippen LogP contribution in [0.2, 0.25) is 0 Å². The molecule has 3 aromatic carbocycles. The van der Waals surface area contributed by atoms with Gasteiger partial charge in [-0.1, -0.05) is 18.2 Å². The third-order valence-electron chi connectivity index (χ3n) is 8.31. The fourth-order valence-electron chi connectivity index (χ4n) is 6.18. The number of benzene rings is 3. The molecule has 1 heterocycles. The zero-order valence-electron chi connectivity index (χ0n) is 23.1. The Morgan fingerprint density at radius 3 is 2.38 bits per heavy atom. The highest BCUT2D eigenvalue weighted by Crippen LogP contribution is 2.43. The second-order valence-electron chi connectivity index (χ2n) is 10.8. The molecule has 208 valence electrons. The van der Waals surface area contributed by atoms with Gasteiger partial charge in [0.2, 0.25) is 0 Å². The Morgan fingerprint density at radius 2 is 1.65 bits per heavy atom. The van der Waals surface area contributed by atoms with Crippen LogP contribution in [0.25, 0.3) is 22.0 Å². The Kier molecular flexibility index (Phi) is 7.39. The van der Waals surface area contributed by atoms with Gasteiger partial charge in [-0.2, -0.15) is 0 Å². The summed E-state index contributed by atoms with van der Waals surface area (Å²) in [5, 5.41) is 14.4. The number of aromatic amines is 1. The quantitative estimate of drug-likeness (QED) is 0.257. The molecule has 7 nitrogen and oxygen atoms in total. The number of hydrogen-bond acceptors (Lipinski definition) is 5. The van der Waals surface area contributed by atoms with Crippen LogP contribution in [0.15, 0.2) is 54.7 Å². The summed E-state index contributed by atoms with van der Waals surface area (Å²) in [4.78, 5) is 17.1. The van der Waals surface area contributed by atoms with Gasteiger partial charge in [-0.15, -0.1) is 0 Å². The first-order valence-corrected chi connectivity index (χ1v) is 14.1. The predicted molar refractivity (Wildman–Crippen MR) is 156 cm³/mol. The van der Waals surface area contributed by atoms with Gasteiger partial charge in [-0.05, 0) is 103 Å². The summed E-state index contributed by atoms with van der Waals surface area (Å²) in [5.74, 6) is 1.73. The minimum atomic E-state index is -0.446. The van der Waals surface area contributed by atoms with Crippen LogP contribution in [-0.2, 0) is 19.3 Å². The standard InChI is InChI=1S/C33H36N2O5/c1-38-31-15-21-12-11-20-14-30(40-24-7-3-4-8-24)28(16-26(20)27(21)17-32(31)39-2)33(37)35-23(19-36)13-22-18-34-29-10-6-5-9-25(22)29/h5-6,9-10,14-18,23-24,34,36H,3-4,7-8,11-13,19H2,1-2H3,(H,35,37)/t23-/m1/s1. The van der Waals surface area contributed by atoms with Crippen LogP contribution in [0, 0.1) is 0 Å². The summed E-state index contributed by atoms with van der Waals surface area (Å²) in [7, 11) is 3.28. The normalized spacial score (nSPS) is 15.4. The largest absolute Gasteiger partial charge is 0.493 e. The third kappa shape index (κ3) is 5.02. The number of aliphatic hydroxyl groups is 1. The van der Waals surface area contributed by atoms with E-state index in [2.05, 4.69) is 22.4 Å². The lowest BCUT2D eigenvalue weighted by molar-refractivity contribution is 0.0909. The number of fused-ring (bicyclic) bond motifs is 4. The molecule has 1 amide bonds. The molecule has 0 aliphatic heterocycles. The molecule has 0 spiro atoms. The molecular weight excluding hydrogens is 504 g/mol. The summed E-state index contributed by atoms with van der Waals surface area (Å²) >= 11 is 0. The van der Waals surface area contributed by atoms with Crippen molar-refractivity contribution < 1.29 is 24.1 Å². The van der Waals surface area contributed by atoms with Crippen LogP contribution >= 0.6 is 0 Å². The average Bonchev–Trinajstić information content (AvgIpc) is 3.65. The zero-order chi connectivity index (χ0) is 27.6. The Bertz CT molecular complexity index is 1540. The van der Waals surface area contributed by atoms with Gasteiger partial charge >= 0.3 is 0 Å². The molecule has 0 unspecified atom stereocenters. The minimum absolute atomic E-state index is 0.115. The van der Waals surface area contributed by atoms with Gasteiger partial charge in [0.15, 0.2) is 11.5 Å². The maximum atomic E-state index is 13.9. The predicted octanol–water partition coefficient (Wildman–Crippen LogP) is 5.61. The summed E-state index contributed by atoms with van der Waals surface area (Å²) in [6, 6.07) is 15.6. The van der Waals surface area contributed by atoms with Gasteiger partial charge < -0.3 is 29.6 Å². The number of aryl methyl sites for hydroxylation is 2. The van der Waals surface area contributed by atoms with E-state index in [4.69, 9.17) is 14.2 Å². The number of ether oxygens (including phenoxy) is 3. The lowest BCUT2D eigenvalue weighted by atomic mass is 9.84. The van der Waals surface area contributed by atoms with E-state index in [9.17, 15) is 9.90 Å². The van der Waals surface area contributed by atoms with Crippen molar-refractivity contribution in [1.29, 1.82) is 0 Å². The van der Waals surface area contributed by atoms with Gasteiger partial charge in [-0.25, -0.2) is 0 Å². The molecule has 1 saturated carbocycles. The van der Waals surface area contributed by atoms with Crippen LogP contribution in [0.3, 0.4) is 0 Å². The number of carbonyl (C=O) groups excluding carboxylic acids is 1. The van der Waals surface area contributed by atoms with E-state index in [1.807, 2.05) is 42.6 Å². The number of aromatic nitrogens is 1. The Morgan fingerprint density at radius 1 is 0.975 bits per heavy atom. The second-order valence-corrected chi connectivity index (χ2v) is 10.8. The van der Waals surface area contributed by atoms with E-state index >= 15 is 0 Å². The van der Waals surface area contributed by atoms with Gasteiger partial charge in [0.25, 0.3) is 5.91 Å². The van der Waals surface area contributed by atoms with Crippen molar-refractivity contribution in [1.82, 2.24) is 10.3 Å². The number of amides is 1. The van der Waals surface area contributed by atoms with Crippen LogP contribution in [0.1, 0.15) is 52.7 Å². The number of aliphatic hydroxyl groups excluding tert-OH is 1. The molecule has 3 N–H and O–H groups in total. The first-order chi connectivity index (χ1) is 19.6. The van der Waals surface area contributed by atoms with E-state index < -0.39 is 6.04 Å². The zero-order valence-corrected chi connectivity index (χ0v) is 23.1. The highest BCUT2D eigenvalue weighted by Gasteiger charge is 2.27. The topological polar surface area (TPSA) is 92.8 Å². The van der Waals surface area contributed by atoms with Crippen molar-refractivity contribution in [2.75, 3.05) is 20.8 Å². The van der Waals surface area contributed by atoms with Crippen molar-refractivity contribution in [2.45, 2.75) is 57.1 Å². The monoisotopic (exact) mass is 540 g/mol. The SMILES string of the molecule is COc1cc2c(cc1OC)-c1cc(C(=O)N[C@@H](CO)Cc3c[nH]c4ccccc34)c(OC3CCCC3)cc1CC2. The summed E-state index contributed by atoms with van der Waals surface area (Å²) in [5.41, 5.74) is 6.94. The van der Waals surface area contributed by atoms with Crippen LogP contribution in [0.4, 0.5) is 0 Å². The van der Waals surface area contributed by atoms with Crippen molar-refractivity contribution in [3.8, 4) is 28.4 Å². The number of para-hydroxylation sites is 1. The molecule has 7 heteroatoms. The highest BCUT2D eigenvalue weighted by atomic mass is 16.5. The number of nitrogens with one attached hydrogen (secondary N) is 2. The highest BCUT2D eigenvalue weighted by molar-refractivity contribution is 5.99. The fourth-order valence-corrected chi connectivity index (χ4v) is 6.18. The number of rotatable bonds is 9. The second kappa shape index (κ2) is 11.3. The molecule has 2 aliphatic rings. The summed E-state index contributed by atoms with van der Waals surface area (Å²) in [6.45, 7) is -0.172. The van der Waals surface area contributed by atoms with E-state index in [0.29, 0.717) is 29.2 Å². The van der Waals surface area contributed by atoms with Crippen LogP contribution in [0.5, 0.6) is 17.2 Å². The number of hydrogen-bond donors (Lipinski definition) is 3. The number of H-pyrrole nitrogens is 1. The molecule has 2 aliphatic carbocycles. The molecule has 1 fully saturated rings. The first kappa shape index (κ1) is 26.3. The Labute approximate surface area is 234 Å². The molecular formula is C33H36N2O5. The lowest BCUT2D eigenvalue weighted by Crippen LogP contribution is -2.39. The van der Waals surface area contributed by atoms with Crippen molar-refractivity contribution in [2.24, 2.45) is 0 Å². The van der Waals surface area contributed by atoms with Crippen LogP contribution in [-0.4, -0.2) is 49.0 Å². The molecule has 6 rings (SSSR count). The molecule has 40 heavy (non-hydrogen) atoms. The Balaban J connectivity index is 1.35. The molecule has 0 radical (unpaired) electrons. The summed E-state index contributed by atoms with van der Waals surface area (Å²) < 4.78 is 17.6. The fraction of sp³-hybridized carbons (Fsp3) is 0.364. The van der Waals surface area contributed by atoms with Crippen molar-refractivity contribution in [3.05, 3.63) is 77.0 Å². The lowest BCUT2D eigenvalue weighted by Gasteiger charge is -2.25. The maximum absolute atomic E-state index is 13.9. The van der Waals surface area contributed by atoms with E-state index in [0.717, 1.165) is 77.2 Å². The number of carbonyl (C=O) groups is 1. The average molecular weight is 541 g/mol.